The van der Waals surface area contributed by atoms with Crippen LogP contribution in [0.25, 0.3) is 11.4 Å². The molecule has 1 aliphatic carbocycles. The first-order chi connectivity index (χ1) is 12.7. The monoisotopic (exact) mass is 352 g/mol. The zero-order chi connectivity index (χ0) is 17.9. The predicted octanol–water partition coefficient (Wildman–Crippen LogP) is 3.68. The standard InChI is InChI=1S/C21H28N4O/c1-16-15-23-20(18-5-10-22-11-6-18)25(16)14-9-17-7-12-24(13-8-17)21(26)19-3-2-4-19/h5-6,10-11,15,17,19H,2-4,7-9,12-14H2,1H3. The maximum absolute atomic E-state index is 12.4. The maximum Gasteiger partial charge on any atom is 0.225 e. The van der Waals surface area contributed by atoms with E-state index in [9.17, 15) is 4.79 Å². The van der Waals surface area contributed by atoms with Crippen molar-refractivity contribution in [3.05, 3.63) is 36.4 Å². The van der Waals surface area contributed by atoms with E-state index in [4.69, 9.17) is 0 Å². The Kier molecular flexibility index (Phi) is 5.05. The van der Waals surface area contributed by atoms with Gasteiger partial charge in [0, 0.05) is 55.4 Å². The van der Waals surface area contributed by atoms with Crippen LogP contribution in [0.1, 0.15) is 44.2 Å². The molecule has 1 saturated heterocycles. The zero-order valence-electron chi connectivity index (χ0n) is 15.6. The summed E-state index contributed by atoms with van der Waals surface area (Å²) < 4.78 is 2.32. The number of aryl methyl sites for hydroxylation is 1. The summed E-state index contributed by atoms with van der Waals surface area (Å²) in [4.78, 5) is 23.2. The van der Waals surface area contributed by atoms with E-state index in [0.29, 0.717) is 17.7 Å². The highest BCUT2D eigenvalue weighted by Crippen LogP contribution is 2.31. The van der Waals surface area contributed by atoms with Crippen LogP contribution >= 0.6 is 0 Å². The lowest BCUT2D eigenvalue weighted by Gasteiger charge is -2.36. The number of likely N-dealkylation sites (tertiary alicyclic amines) is 1. The Labute approximate surface area is 155 Å². The molecule has 0 radical (unpaired) electrons. The third-order valence-corrected chi connectivity index (χ3v) is 6.14. The number of imidazole rings is 1. The summed E-state index contributed by atoms with van der Waals surface area (Å²) in [5.74, 6) is 2.48. The first-order valence-corrected chi connectivity index (χ1v) is 9.93. The topological polar surface area (TPSA) is 51.0 Å². The Hall–Kier alpha value is -2.17. The van der Waals surface area contributed by atoms with E-state index in [2.05, 4.69) is 26.4 Å². The van der Waals surface area contributed by atoms with E-state index < -0.39 is 0 Å². The fourth-order valence-electron chi connectivity index (χ4n) is 4.14. The SMILES string of the molecule is Cc1cnc(-c2ccncc2)n1CCC1CCN(C(=O)C2CCC2)CC1. The van der Waals surface area contributed by atoms with Crippen LogP contribution in [0.4, 0.5) is 0 Å². The second-order valence-electron chi connectivity index (χ2n) is 7.80. The van der Waals surface area contributed by atoms with E-state index in [0.717, 1.165) is 63.1 Å². The number of rotatable bonds is 5. The van der Waals surface area contributed by atoms with Gasteiger partial charge >= 0.3 is 0 Å². The van der Waals surface area contributed by atoms with Crippen molar-refractivity contribution in [2.45, 2.75) is 52.0 Å². The van der Waals surface area contributed by atoms with Gasteiger partial charge in [-0.15, -0.1) is 0 Å². The Morgan fingerprint density at radius 3 is 2.54 bits per heavy atom. The van der Waals surface area contributed by atoms with E-state index in [1.165, 1.54) is 12.1 Å². The first-order valence-electron chi connectivity index (χ1n) is 9.93. The van der Waals surface area contributed by atoms with E-state index in [1.54, 1.807) is 0 Å². The normalized spacial score (nSPS) is 18.7. The Balaban J connectivity index is 1.33. The van der Waals surface area contributed by atoms with Crippen LogP contribution in [0.15, 0.2) is 30.7 Å². The van der Waals surface area contributed by atoms with Crippen LogP contribution in [-0.4, -0.2) is 38.4 Å². The number of carbonyl (C=O) groups excluding carboxylic acids is 1. The number of carbonyl (C=O) groups is 1. The summed E-state index contributed by atoms with van der Waals surface area (Å²) in [5.41, 5.74) is 2.32. The second kappa shape index (κ2) is 7.60. The van der Waals surface area contributed by atoms with Crippen LogP contribution in [0.3, 0.4) is 0 Å². The molecule has 1 aliphatic heterocycles. The molecular formula is C21H28N4O. The van der Waals surface area contributed by atoms with Gasteiger partial charge < -0.3 is 9.47 Å². The molecule has 0 aromatic carbocycles. The van der Waals surface area contributed by atoms with Crippen molar-refractivity contribution >= 4 is 5.91 Å². The molecular weight excluding hydrogens is 324 g/mol. The van der Waals surface area contributed by atoms with Gasteiger partial charge in [0.05, 0.1) is 0 Å². The molecule has 2 aromatic rings. The Morgan fingerprint density at radius 1 is 1.15 bits per heavy atom. The summed E-state index contributed by atoms with van der Waals surface area (Å²) in [5, 5.41) is 0. The van der Waals surface area contributed by atoms with Crippen LogP contribution in [0.5, 0.6) is 0 Å². The third-order valence-electron chi connectivity index (χ3n) is 6.14. The molecule has 26 heavy (non-hydrogen) atoms. The number of hydrogen-bond donors (Lipinski definition) is 0. The van der Waals surface area contributed by atoms with Gasteiger partial charge in [-0.25, -0.2) is 4.98 Å². The van der Waals surface area contributed by atoms with Gasteiger partial charge in [-0.05, 0) is 57.1 Å². The Morgan fingerprint density at radius 2 is 1.88 bits per heavy atom. The molecule has 0 atom stereocenters. The summed E-state index contributed by atoms with van der Waals surface area (Å²) in [6, 6.07) is 4.03. The first kappa shape index (κ1) is 17.3. The van der Waals surface area contributed by atoms with Gasteiger partial charge in [-0.1, -0.05) is 6.42 Å². The molecule has 2 aromatic heterocycles. The average Bonchev–Trinajstić information content (AvgIpc) is 3.00. The van der Waals surface area contributed by atoms with E-state index >= 15 is 0 Å². The van der Waals surface area contributed by atoms with Crippen LogP contribution < -0.4 is 0 Å². The fourth-order valence-corrected chi connectivity index (χ4v) is 4.14. The van der Waals surface area contributed by atoms with Crippen LogP contribution in [0.2, 0.25) is 0 Å². The van der Waals surface area contributed by atoms with Crippen molar-refractivity contribution in [1.82, 2.24) is 19.4 Å². The molecule has 1 amide bonds. The highest BCUT2D eigenvalue weighted by Gasteiger charge is 2.31. The molecule has 0 unspecified atom stereocenters. The van der Waals surface area contributed by atoms with Crippen molar-refractivity contribution in [2.24, 2.45) is 11.8 Å². The van der Waals surface area contributed by atoms with Crippen molar-refractivity contribution in [3.8, 4) is 11.4 Å². The van der Waals surface area contributed by atoms with E-state index in [1.807, 2.05) is 30.7 Å². The molecule has 5 heteroatoms. The number of aromatic nitrogens is 3. The lowest BCUT2D eigenvalue weighted by Crippen LogP contribution is -2.43. The smallest absolute Gasteiger partial charge is 0.225 e. The van der Waals surface area contributed by atoms with Gasteiger partial charge in [0.2, 0.25) is 5.91 Å². The summed E-state index contributed by atoms with van der Waals surface area (Å²) in [6.45, 7) is 5.00. The molecule has 0 bridgehead atoms. The minimum Gasteiger partial charge on any atom is -0.342 e. The highest BCUT2D eigenvalue weighted by atomic mass is 16.2. The summed E-state index contributed by atoms with van der Waals surface area (Å²) in [6.07, 6.45) is 12.5. The van der Waals surface area contributed by atoms with Crippen molar-refractivity contribution in [2.75, 3.05) is 13.1 Å². The van der Waals surface area contributed by atoms with Crippen molar-refractivity contribution in [1.29, 1.82) is 0 Å². The lowest BCUT2D eigenvalue weighted by atomic mass is 9.83. The van der Waals surface area contributed by atoms with Gasteiger partial charge in [-0.2, -0.15) is 0 Å². The summed E-state index contributed by atoms with van der Waals surface area (Å²) >= 11 is 0. The average molecular weight is 352 g/mol. The Bertz CT molecular complexity index is 743. The number of piperidine rings is 1. The third kappa shape index (κ3) is 3.53. The van der Waals surface area contributed by atoms with E-state index in [-0.39, 0.29) is 0 Å². The summed E-state index contributed by atoms with van der Waals surface area (Å²) in [7, 11) is 0. The van der Waals surface area contributed by atoms with Gasteiger partial charge in [0.25, 0.3) is 0 Å². The highest BCUT2D eigenvalue weighted by molar-refractivity contribution is 5.79. The molecule has 1 saturated carbocycles. The number of amides is 1. The van der Waals surface area contributed by atoms with Crippen LogP contribution in [0, 0.1) is 18.8 Å². The number of nitrogens with zero attached hydrogens (tertiary/aromatic N) is 4. The molecule has 3 heterocycles. The minimum atomic E-state index is 0.336. The van der Waals surface area contributed by atoms with Crippen molar-refractivity contribution in [3.63, 3.8) is 0 Å². The molecule has 4 rings (SSSR count). The molecule has 138 valence electrons. The second-order valence-corrected chi connectivity index (χ2v) is 7.80. The quantitative estimate of drug-likeness (QED) is 0.825. The largest absolute Gasteiger partial charge is 0.342 e. The fraction of sp³-hybridized carbons (Fsp3) is 0.571. The zero-order valence-corrected chi connectivity index (χ0v) is 15.6. The predicted molar refractivity (Wildman–Crippen MR) is 101 cm³/mol. The molecule has 2 fully saturated rings. The lowest BCUT2D eigenvalue weighted by molar-refractivity contribution is -0.139. The molecule has 0 N–H and O–H groups in total. The molecule has 2 aliphatic rings. The van der Waals surface area contributed by atoms with Crippen molar-refractivity contribution < 1.29 is 4.79 Å². The van der Waals surface area contributed by atoms with Gasteiger partial charge in [0.15, 0.2) is 0 Å². The molecule has 0 spiro atoms. The van der Waals surface area contributed by atoms with Crippen LogP contribution in [-0.2, 0) is 11.3 Å². The number of pyridine rings is 1. The number of hydrogen-bond acceptors (Lipinski definition) is 3. The van der Waals surface area contributed by atoms with Gasteiger partial charge in [0.1, 0.15) is 5.82 Å². The minimum absolute atomic E-state index is 0.336. The molecule has 5 nitrogen and oxygen atoms in total. The maximum atomic E-state index is 12.4. The van der Waals surface area contributed by atoms with Gasteiger partial charge in [-0.3, -0.25) is 9.78 Å².